The van der Waals surface area contributed by atoms with Crippen LogP contribution < -0.4 is 0 Å². The van der Waals surface area contributed by atoms with Crippen molar-refractivity contribution in [3.8, 4) is 0 Å². The number of carbonyl (C=O) groups excluding carboxylic acids is 1. The molecule has 1 aliphatic carbocycles. The summed E-state index contributed by atoms with van der Waals surface area (Å²) in [6, 6.07) is 16.0. The molecule has 0 bridgehead atoms. The van der Waals surface area contributed by atoms with Gasteiger partial charge in [-0.3, -0.25) is 9.89 Å². The highest BCUT2D eigenvalue weighted by Crippen LogP contribution is 2.30. The van der Waals surface area contributed by atoms with E-state index in [1.54, 1.807) is 0 Å². The zero-order chi connectivity index (χ0) is 17.9. The number of aryl methyl sites for hydroxylation is 1. The number of fused-ring (bicyclic) bond motifs is 1. The molecule has 3 aromatic rings. The zero-order valence-electron chi connectivity index (χ0n) is 14.3. The number of nitrogens with one attached hydrogen (secondary N) is 1. The molecule has 0 saturated heterocycles. The molecule has 1 aliphatic rings. The molecule has 0 amide bonds. The number of benzene rings is 2. The van der Waals surface area contributed by atoms with Crippen LogP contribution in [0.1, 0.15) is 33.7 Å². The van der Waals surface area contributed by atoms with Crippen molar-refractivity contribution >= 4 is 23.4 Å². The lowest BCUT2D eigenvalue weighted by Gasteiger charge is -2.24. The maximum Gasteiger partial charge on any atom is 0.167 e. The van der Waals surface area contributed by atoms with Crippen LogP contribution in [0.5, 0.6) is 0 Å². The van der Waals surface area contributed by atoms with E-state index in [0.717, 1.165) is 27.6 Å². The number of hydrogen-bond acceptors (Lipinski definition) is 5. The third kappa shape index (κ3) is 3.46. The Balaban J connectivity index is 1.64. The van der Waals surface area contributed by atoms with Gasteiger partial charge in [0.2, 0.25) is 0 Å². The van der Waals surface area contributed by atoms with E-state index < -0.39 is 0 Å². The van der Waals surface area contributed by atoms with Crippen LogP contribution in [0, 0.1) is 12.8 Å². The molecule has 1 atom stereocenters. The number of carbonyl (C=O) groups is 1. The van der Waals surface area contributed by atoms with Gasteiger partial charge < -0.3 is 0 Å². The average Bonchev–Trinajstić information content (AvgIpc) is 3.17. The van der Waals surface area contributed by atoms with E-state index in [-0.39, 0.29) is 11.7 Å². The zero-order valence-corrected chi connectivity index (χ0v) is 15.2. The van der Waals surface area contributed by atoms with Gasteiger partial charge in [0.25, 0.3) is 0 Å². The van der Waals surface area contributed by atoms with Gasteiger partial charge in [-0.2, -0.15) is 5.10 Å². The fraction of sp³-hybridized carbons (Fsp3) is 0.200. The minimum Gasteiger partial charge on any atom is -0.294 e. The van der Waals surface area contributed by atoms with Crippen molar-refractivity contribution in [2.24, 2.45) is 10.3 Å². The second-order valence-electron chi connectivity index (χ2n) is 6.39. The first-order valence-electron chi connectivity index (χ1n) is 8.49. The number of rotatable bonds is 4. The topological polar surface area (TPSA) is 71.0 Å². The Kier molecular flexibility index (Phi) is 4.67. The molecule has 1 heterocycles. The van der Waals surface area contributed by atoms with Gasteiger partial charge in [0.1, 0.15) is 12.2 Å². The van der Waals surface area contributed by atoms with Gasteiger partial charge in [0, 0.05) is 46.7 Å². The minimum absolute atomic E-state index is 0.149. The van der Waals surface area contributed by atoms with Gasteiger partial charge in [0.05, 0.1) is 5.71 Å². The van der Waals surface area contributed by atoms with Gasteiger partial charge in [0.15, 0.2) is 5.78 Å². The highest BCUT2D eigenvalue weighted by Gasteiger charge is 2.31. The molecule has 5 nitrogen and oxygen atoms in total. The first-order chi connectivity index (χ1) is 12.7. The lowest BCUT2D eigenvalue weighted by atomic mass is 9.80. The highest BCUT2D eigenvalue weighted by molar-refractivity contribution is 7.98. The fourth-order valence-corrected chi connectivity index (χ4v) is 3.77. The third-order valence-corrected chi connectivity index (χ3v) is 5.30. The smallest absolute Gasteiger partial charge is 0.167 e. The predicted molar refractivity (Wildman–Crippen MR) is 103 cm³/mol. The molecule has 0 fully saturated rings. The Morgan fingerprint density at radius 3 is 2.65 bits per heavy atom. The van der Waals surface area contributed by atoms with Crippen molar-refractivity contribution < 1.29 is 4.79 Å². The van der Waals surface area contributed by atoms with E-state index in [1.807, 2.05) is 24.3 Å². The van der Waals surface area contributed by atoms with Crippen molar-refractivity contribution in [3.63, 3.8) is 0 Å². The molecule has 1 N–H and O–H groups in total. The van der Waals surface area contributed by atoms with E-state index >= 15 is 0 Å². The SMILES string of the molecule is Cc1ccc(S/N=C2\CC(Cc3ncn[nH]3)C(=O)c3ccccc32)cc1. The van der Waals surface area contributed by atoms with Crippen molar-refractivity contribution in [2.75, 3.05) is 0 Å². The molecule has 26 heavy (non-hydrogen) atoms. The third-order valence-electron chi connectivity index (χ3n) is 4.50. The Hall–Kier alpha value is -2.73. The summed E-state index contributed by atoms with van der Waals surface area (Å²) in [7, 11) is 0. The van der Waals surface area contributed by atoms with Crippen molar-refractivity contribution in [1.82, 2.24) is 15.2 Å². The van der Waals surface area contributed by atoms with Gasteiger partial charge in [-0.1, -0.05) is 42.0 Å². The first-order valence-corrected chi connectivity index (χ1v) is 9.26. The van der Waals surface area contributed by atoms with E-state index in [2.05, 4.69) is 46.4 Å². The second kappa shape index (κ2) is 7.25. The largest absolute Gasteiger partial charge is 0.294 e. The monoisotopic (exact) mass is 362 g/mol. The van der Waals surface area contributed by atoms with E-state index in [9.17, 15) is 4.79 Å². The normalized spacial score (nSPS) is 18.1. The Morgan fingerprint density at radius 1 is 1.15 bits per heavy atom. The lowest BCUT2D eigenvalue weighted by Crippen LogP contribution is -2.29. The van der Waals surface area contributed by atoms with Crippen molar-refractivity contribution in [3.05, 3.63) is 77.4 Å². The van der Waals surface area contributed by atoms with Crippen molar-refractivity contribution in [2.45, 2.75) is 24.7 Å². The van der Waals surface area contributed by atoms with Gasteiger partial charge in [-0.25, -0.2) is 9.38 Å². The van der Waals surface area contributed by atoms with Crippen LogP contribution in [0.2, 0.25) is 0 Å². The Morgan fingerprint density at radius 2 is 1.92 bits per heavy atom. The summed E-state index contributed by atoms with van der Waals surface area (Å²) in [4.78, 5) is 18.1. The number of ketones is 1. The summed E-state index contributed by atoms with van der Waals surface area (Å²) in [6.07, 6.45) is 2.62. The molecule has 1 unspecified atom stereocenters. The van der Waals surface area contributed by atoms with Gasteiger partial charge in [-0.15, -0.1) is 0 Å². The van der Waals surface area contributed by atoms with E-state index in [0.29, 0.717) is 12.8 Å². The standard InChI is InChI=1S/C20H18N4OS/c1-13-6-8-15(9-7-13)26-24-18-10-14(11-19-21-12-22-23-19)20(25)17-5-3-2-4-16(17)18/h2-9,12,14H,10-11H2,1H3,(H,21,22,23)/b24-18+. The Labute approximate surface area is 156 Å². The minimum atomic E-state index is -0.171. The maximum atomic E-state index is 12.9. The summed E-state index contributed by atoms with van der Waals surface area (Å²) >= 11 is 1.45. The van der Waals surface area contributed by atoms with E-state index in [4.69, 9.17) is 4.40 Å². The van der Waals surface area contributed by atoms with Gasteiger partial charge in [-0.05, 0) is 19.1 Å². The Bertz CT molecular complexity index is 948. The van der Waals surface area contributed by atoms with Crippen LogP contribution >= 0.6 is 11.9 Å². The molecule has 0 spiro atoms. The van der Waals surface area contributed by atoms with Crippen molar-refractivity contribution in [1.29, 1.82) is 0 Å². The van der Waals surface area contributed by atoms with Crippen LogP contribution in [0.15, 0.2) is 64.2 Å². The van der Waals surface area contributed by atoms with E-state index in [1.165, 1.54) is 23.8 Å². The van der Waals surface area contributed by atoms with Crippen LogP contribution in [0.25, 0.3) is 0 Å². The summed E-state index contributed by atoms with van der Waals surface area (Å²) in [5.74, 6) is 0.708. The highest BCUT2D eigenvalue weighted by atomic mass is 32.2. The molecule has 6 heteroatoms. The quantitative estimate of drug-likeness (QED) is 0.711. The number of aromatic nitrogens is 3. The first kappa shape index (κ1) is 16.7. The molecule has 0 radical (unpaired) electrons. The van der Waals surface area contributed by atoms with Crippen LogP contribution in [-0.4, -0.2) is 26.7 Å². The lowest BCUT2D eigenvalue weighted by molar-refractivity contribution is 0.0917. The summed E-state index contributed by atoms with van der Waals surface area (Å²) < 4.78 is 4.77. The molecular formula is C20H18N4OS. The molecule has 0 aliphatic heterocycles. The van der Waals surface area contributed by atoms with Crippen LogP contribution in [-0.2, 0) is 6.42 Å². The second-order valence-corrected chi connectivity index (χ2v) is 7.23. The molecule has 0 saturated carbocycles. The van der Waals surface area contributed by atoms with Crippen LogP contribution in [0.4, 0.5) is 0 Å². The fourth-order valence-electron chi connectivity index (χ4n) is 3.13. The molecule has 130 valence electrons. The number of H-pyrrole nitrogens is 1. The number of aromatic amines is 1. The number of Topliss-reactive ketones (excluding diaryl/α,β-unsaturated/α-hetero) is 1. The van der Waals surface area contributed by atoms with Crippen LogP contribution in [0.3, 0.4) is 0 Å². The number of hydrogen-bond donors (Lipinski definition) is 1. The molecule has 2 aromatic carbocycles. The predicted octanol–water partition coefficient (Wildman–Crippen LogP) is 4.05. The summed E-state index contributed by atoms with van der Waals surface area (Å²) in [5, 5.41) is 6.73. The average molecular weight is 362 g/mol. The molecular weight excluding hydrogens is 344 g/mol. The maximum absolute atomic E-state index is 12.9. The number of nitrogens with zero attached hydrogens (tertiary/aromatic N) is 3. The van der Waals surface area contributed by atoms with Gasteiger partial charge >= 0.3 is 0 Å². The molecule has 1 aromatic heterocycles. The summed E-state index contributed by atoms with van der Waals surface area (Å²) in [5.41, 5.74) is 3.86. The molecule has 4 rings (SSSR count). The summed E-state index contributed by atoms with van der Waals surface area (Å²) in [6.45, 7) is 2.07.